The third-order valence-electron chi connectivity index (χ3n) is 3.48. The van der Waals surface area contributed by atoms with E-state index in [0.29, 0.717) is 24.0 Å². The first kappa shape index (κ1) is 11.1. The predicted octanol–water partition coefficient (Wildman–Crippen LogP) is 1.61. The maximum absolute atomic E-state index is 11.2. The molecule has 0 radical (unpaired) electrons. The largest absolute Gasteiger partial charge is 0.373 e. The SMILES string of the molecule is CC1CN(C2CCC(=O)CC2)CC(C)O1. The minimum Gasteiger partial charge on any atom is -0.373 e. The molecule has 2 aliphatic rings. The van der Waals surface area contributed by atoms with Crippen LogP contribution in [0, 0.1) is 0 Å². The Morgan fingerprint density at radius 1 is 1.13 bits per heavy atom. The fraction of sp³-hybridized carbons (Fsp3) is 0.917. The van der Waals surface area contributed by atoms with Gasteiger partial charge in [-0.3, -0.25) is 9.69 Å². The van der Waals surface area contributed by atoms with E-state index in [1.807, 2.05) is 0 Å². The van der Waals surface area contributed by atoms with E-state index in [1.54, 1.807) is 0 Å². The molecule has 0 aromatic heterocycles. The lowest BCUT2D eigenvalue weighted by Crippen LogP contribution is -2.50. The molecule has 0 N–H and O–H groups in total. The summed E-state index contributed by atoms with van der Waals surface area (Å²) in [6.45, 7) is 6.33. The molecular weight excluding hydrogens is 190 g/mol. The molecule has 0 aromatic rings. The number of carbonyl (C=O) groups is 1. The topological polar surface area (TPSA) is 29.5 Å². The van der Waals surface area contributed by atoms with E-state index in [4.69, 9.17) is 4.74 Å². The van der Waals surface area contributed by atoms with Crippen molar-refractivity contribution in [2.24, 2.45) is 0 Å². The summed E-state index contributed by atoms with van der Waals surface area (Å²) in [5, 5.41) is 0. The smallest absolute Gasteiger partial charge is 0.133 e. The third kappa shape index (κ3) is 2.79. The van der Waals surface area contributed by atoms with Crippen molar-refractivity contribution in [3.8, 4) is 0 Å². The number of nitrogens with zero attached hydrogens (tertiary/aromatic N) is 1. The maximum Gasteiger partial charge on any atom is 0.133 e. The number of hydrogen-bond acceptors (Lipinski definition) is 3. The molecule has 1 aliphatic carbocycles. The minimum absolute atomic E-state index is 0.339. The lowest BCUT2D eigenvalue weighted by atomic mass is 9.92. The van der Waals surface area contributed by atoms with E-state index >= 15 is 0 Å². The van der Waals surface area contributed by atoms with Crippen LogP contribution in [0.1, 0.15) is 39.5 Å². The van der Waals surface area contributed by atoms with Gasteiger partial charge in [-0.25, -0.2) is 0 Å². The first-order valence-electron chi connectivity index (χ1n) is 6.06. The maximum atomic E-state index is 11.2. The Bertz CT molecular complexity index is 222. The Morgan fingerprint density at radius 2 is 1.67 bits per heavy atom. The zero-order valence-corrected chi connectivity index (χ0v) is 9.74. The third-order valence-corrected chi connectivity index (χ3v) is 3.48. The van der Waals surface area contributed by atoms with E-state index in [9.17, 15) is 4.79 Å². The van der Waals surface area contributed by atoms with Gasteiger partial charge in [0.15, 0.2) is 0 Å². The Balaban J connectivity index is 1.89. The molecule has 1 heterocycles. The van der Waals surface area contributed by atoms with Crippen LogP contribution in [0.5, 0.6) is 0 Å². The van der Waals surface area contributed by atoms with Crippen LogP contribution < -0.4 is 0 Å². The van der Waals surface area contributed by atoms with Gasteiger partial charge in [0.25, 0.3) is 0 Å². The van der Waals surface area contributed by atoms with Gasteiger partial charge < -0.3 is 4.74 Å². The highest BCUT2D eigenvalue weighted by Crippen LogP contribution is 2.23. The summed E-state index contributed by atoms with van der Waals surface area (Å²) in [5.74, 6) is 0.445. The quantitative estimate of drug-likeness (QED) is 0.660. The molecule has 1 aliphatic heterocycles. The van der Waals surface area contributed by atoms with Gasteiger partial charge in [0.1, 0.15) is 5.78 Å². The lowest BCUT2D eigenvalue weighted by Gasteiger charge is -2.41. The molecule has 2 rings (SSSR count). The Morgan fingerprint density at radius 3 is 2.20 bits per heavy atom. The molecule has 0 bridgehead atoms. The van der Waals surface area contributed by atoms with E-state index in [0.717, 1.165) is 38.8 Å². The van der Waals surface area contributed by atoms with Crippen molar-refractivity contribution in [3.63, 3.8) is 0 Å². The zero-order chi connectivity index (χ0) is 10.8. The summed E-state index contributed by atoms with van der Waals surface area (Å²) >= 11 is 0. The second-order valence-corrected chi connectivity index (χ2v) is 4.98. The van der Waals surface area contributed by atoms with Gasteiger partial charge in [-0.2, -0.15) is 0 Å². The molecule has 0 amide bonds. The molecular formula is C12H21NO2. The summed E-state index contributed by atoms with van der Waals surface area (Å²) in [7, 11) is 0. The molecule has 1 saturated heterocycles. The monoisotopic (exact) mass is 211 g/mol. The number of ether oxygens (including phenoxy) is 1. The molecule has 0 spiro atoms. The van der Waals surface area contributed by atoms with Crippen molar-refractivity contribution in [1.82, 2.24) is 4.90 Å². The number of rotatable bonds is 1. The number of hydrogen-bond donors (Lipinski definition) is 0. The number of ketones is 1. The average Bonchev–Trinajstić information content (AvgIpc) is 2.17. The van der Waals surface area contributed by atoms with Crippen LogP contribution in [0.25, 0.3) is 0 Å². The van der Waals surface area contributed by atoms with Crippen molar-refractivity contribution >= 4 is 5.78 Å². The van der Waals surface area contributed by atoms with Crippen LogP contribution in [0.4, 0.5) is 0 Å². The molecule has 0 aromatic carbocycles. The fourth-order valence-corrected chi connectivity index (χ4v) is 2.81. The molecule has 1 saturated carbocycles. The van der Waals surface area contributed by atoms with E-state index < -0.39 is 0 Å². The van der Waals surface area contributed by atoms with Gasteiger partial charge in [-0.1, -0.05) is 0 Å². The average molecular weight is 211 g/mol. The van der Waals surface area contributed by atoms with Crippen molar-refractivity contribution in [2.45, 2.75) is 57.8 Å². The van der Waals surface area contributed by atoms with Gasteiger partial charge in [-0.05, 0) is 26.7 Å². The highest BCUT2D eigenvalue weighted by molar-refractivity contribution is 5.79. The van der Waals surface area contributed by atoms with Gasteiger partial charge in [0.05, 0.1) is 12.2 Å². The summed E-state index contributed by atoms with van der Waals surface area (Å²) in [4.78, 5) is 13.7. The summed E-state index contributed by atoms with van der Waals surface area (Å²) in [6, 6.07) is 0.622. The Labute approximate surface area is 91.8 Å². The molecule has 15 heavy (non-hydrogen) atoms. The summed E-state index contributed by atoms with van der Waals surface area (Å²) in [6.07, 6.45) is 4.35. The van der Waals surface area contributed by atoms with Crippen LogP contribution in [0.2, 0.25) is 0 Å². The minimum atomic E-state index is 0.339. The first-order valence-corrected chi connectivity index (χ1v) is 6.06. The number of Topliss-reactive ketones (excluding diaryl/α,β-unsaturated/α-hetero) is 1. The fourth-order valence-electron chi connectivity index (χ4n) is 2.81. The van der Waals surface area contributed by atoms with Crippen LogP contribution in [0.15, 0.2) is 0 Å². The van der Waals surface area contributed by atoms with Gasteiger partial charge in [0.2, 0.25) is 0 Å². The first-order chi connectivity index (χ1) is 7.15. The molecule has 2 fully saturated rings. The zero-order valence-electron chi connectivity index (χ0n) is 9.74. The van der Waals surface area contributed by atoms with Crippen LogP contribution in [-0.2, 0) is 9.53 Å². The summed E-state index contributed by atoms with van der Waals surface area (Å²) in [5.41, 5.74) is 0. The lowest BCUT2D eigenvalue weighted by molar-refractivity contribution is -0.123. The molecule has 3 nitrogen and oxygen atoms in total. The summed E-state index contributed by atoms with van der Waals surface area (Å²) < 4.78 is 5.72. The van der Waals surface area contributed by atoms with Crippen LogP contribution >= 0.6 is 0 Å². The highest BCUT2D eigenvalue weighted by Gasteiger charge is 2.30. The van der Waals surface area contributed by atoms with E-state index in [-0.39, 0.29) is 0 Å². The second kappa shape index (κ2) is 4.62. The standard InChI is InChI=1S/C12H21NO2/c1-9-7-13(8-10(2)15-9)11-3-5-12(14)6-4-11/h9-11H,3-8H2,1-2H3. The Kier molecular flexibility index (Phi) is 3.42. The van der Waals surface area contributed by atoms with Crippen molar-refractivity contribution in [3.05, 3.63) is 0 Å². The van der Waals surface area contributed by atoms with Gasteiger partial charge in [0, 0.05) is 32.0 Å². The second-order valence-electron chi connectivity index (χ2n) is 4.98. The van der Waals surface area contributed by atoms with Crippen LogP contribution in [0.3, 0.4) is 0 Å². The normalized spacial score (nSPS) is 35.7. The molecule has 2 unspecified atom stereocenters. The van der Waals surface area contributed by atoms with Crippen molar-refractivity contribution in [2.75, 3.05) is 13.1 Å². The Hall–Kier alpha value is -0.410. The van der Waals surface area contributed by atoms with E-state index in [1.165, 1.54) is 0 Å². The highest BCUT2D eigenvalue weighted by atomic mass is 16.5. The predicted molar refractivity (Wildman–Crippen MR) is 58.8 cm³/mol. The van der Waals surface area contributed by atoms with Gasteiger partial charge in [-0.15, -0.1) is 0 Å². The van der Waals surface area contributed by atoms with Crippen molar-refractivity contribution < 1.29 is 9.53 Å². The number of morpholine rings is 1. The van der Waals surface area contributed by atoms with Gasteiger partial charge >= 0.3 is 0 Å². The van der Waals surface area contributed by atoms with Crippen molar-refractivity contribution in [1.29, 1.82) is 0 Å². The molecule has 2 atom stereocenters. The van der Waals surface area contributed by atoms with Crippen LogP contribution in [-0.4, -0.2) is 42.0 Å². The molecule has 86 valence electrons. The number of carbonyl (C=O) groups excluding carboxylic acids is 1. The molecule has 3 heteroatoms. The van der Waals surface area contributed by atoms with E-state index in [2.05, 4.69) is 18.7 Å².